The van der Waals surface area contributed by atoms with Crippen LogP contribution in [-0.4, -0.2) is 17.4 Å². The van der Waals surface area contributed by atoms with Crippen LogP contribution < -0.4 is 0 Å². The molecule has 0 amide bonds. The Morgan fingerprint density at radius 3 is 1.35 bits per heavy atom. The second kappa shape index (κ2) is 9.88. The fourth-order valence-corrected chi connectivity index (χ4v) is 4.01. The van der Waals surface area contributed by atoms with Crippen LogP contribution in [0.5, 0.6) is 0 Å². The predicted octanol–water partition coefficient (Wildman–Crippen LogP) is 5.58. The fraction of sp³-hybridized carbons (Fsp3) is 0.947. The van der Waals surface area contributed by atoms with Crippen LogP contribution in [-0.2, 0) is 29.6 Å². The minimum Gasteiger partial charge on any atom is -0.226 e. The van der Waals surface area contributed by atoms with E-state index in [1.54, 1.807) is 0 Å². The molecule has 2 saturated carbocycles. The molecule has 0 radical (unpaired) electrons. The van der Waals surface area contributed by atoms with Crippen molar-refractivity contribution in [1.29, 1.82) is 0 Å². The fourth-order valence-electron chi connectivity index (χ4n) is 4.01. The van der Waals surface area contributed by atoms with Crippen molar-refractivity contribution < 1.29 is 34.4 Å². The molecule has 7 nitrogen and oxygen atoms in total. The highest BCUT2D eigenvalue weighted by Gasteiger charge is 2.35. The van der Waals surface area contributed by atoms with Crippen molar-refractivity contribution in [2.75, 3.05) is 0 Å². The first kappa shape index (κ1) is 21.4. The van der Waals surface area contributed by atoms with Gasteiger partial charge in [-0.15, -0.1) is 0 Å². The zero-order valence-corrected chi connectivity index (χ0v) is 16.6. The monoisotopic (exact) mass is 374 g/mol. The number of hydrogen-bond acceptors (Lipinski definition) is 7. The SMILES string of the molecule is CC(C)(OOOC(=O)OOOC(C)(C)C1CCCCC1)C1CCCCC1. The molecule has 0 spiro atoms. The molecule has 0 aromatic rings. The summed E-state index contributed by atoms with van der Waals surface area (Å²) in [4.78, 5) is 30.9. The van der Waals surface area contributed by atoms with Crippen molar-refractivity contribution in [2.24, 2.45) is 11.8 Å². The summed E-state index contributed by atoms with van der Waals surface area (Å²) >= 11 is 0. The van der Waals surface area contributed by atoms with E-state index in [1.165, 1.54) is 38.5 Å². The Balaban J connectivity index is 1.61. The predicted molar refractivity (Wildman–Crippen MR) is 93.2 cm³/mol. The van der Waals surface area contributed by atoms with Crippen LogP contribution in [0.2, 0.25) is 0 Å². The van der Waals surface area contributed by atoms with Crippen LogP contribution in [0.3, 0.4) is 0 Å². The van der Waals surface area contributed by atoms with Crippen LogP contribution >= 0.6 is 0 Å². The highest BCUT2D eigenvalue weighted by atomic mass is 17.6. The van der Waals surface area contributed by atoms with Crippen LogP contribution in [0.25, 0.3) is 0 Å². The third kappa shape index (κ3) is 6.68. The Bertz CT molecular complexity index is 386. The van der Waals surface area contributed by atoms with E-state index in [0.29, 0.717) is 11.8 Å². The van der Waals surface area contributed by atoms with Gasteiger partial charge in [0.2, 0.25) is 0 Å². The Morgan fingerprint density at radius 1 is 0.654 bits per heavy atom. The topological polar surface area (TPSA) is 72.5 Å². The van der Waals surface area contributed by atoms with Gasteiger partial charge in [-0.3, -0.25) is 0 Å². The van der Waals surface area contributed by atoms with Crippen molar-refractivity contribution in [3.8, 4) is 0 Å². The Kier molecular flexibility index (Phi) is 8.13. The lowest BCUT2D eigenvalue weighted by atomic mass is 9.79. The molecule has 0 atom stereocenters. The third-order valence-corrected chi connectivity index (χ3v) is 5.88. The average molecular weight is 374 g/mol. The lowest BCUT2D eigenvalue weighted by Gasteiger charge is -2.34. The summed E-state index contributed by atoms with van der Waals surface area (Å²) in [6.07, 6.45) is 10.4. The zero-order chi connectivity index (χ0) is 19.0. The van der Waals surface area contributed by atoms with Crippen LogP contribution in [0, 0.1) is 11.8 Å². The molecule has 2 rings (SSSR count). The van der Waals surface area contributed by atoms with Crippen molar-refractivity contribution >= 4 is 6.16 Å². The van der Waals surface area contributed by atoms with Gasteiger partial charge >= 0.3 is 6.16 Å². The molecule has 0 heterocycles. The van der Waals surface area contributed by atoms with Gasteiger partial charge in [0.25, 0.3) is 0 Å². The Morgan fingerprint density at radius 2 is 1.00 bits per heavy atom. The summed E-state index contributed by atoms with van der Waals surface area (Å²) in [6.45, 7) is 7.68. The summed E-state index contributed by atoms with van der Waals surface area (Å²) in [5.74, 6) is 0.735. The van der Waals surface area contributed by atoms with Gasteiger partial charge in [0.05, 0.1) is 0 Å². The molecular weight excluding hydrogens is 340 g/mol. The minimum atomic E-state index is -1.18. The molecule has 7 heteroatoms. The Hall–Kier alpha value is -0.890. The molecule has 0 aromatic carbocycles. The highest BCUT2D eigenvalue weighted by molar-refractivity contribution is 5.57. The molecular formula is C19H34O7. The average Bonchev–Trinajstić information content (AvgIpc) is 2.63. The van der Waals surface area contributed by atoms with Crippen molar-refractivity contribution in [3.05, 3.63) is 0 Å². The molecule has 0 saturated heterocycles. The maximum Gasteiger partial charge on any atom is 0.577 e. The molecule has 2 fully saturated rings. The van der Waals surface area contributed by atoms with Crippen LogP contribution in [0.15, 0.2) is 0 Å². The maximum atomic E-state index is 11.5. The van der Waals surface area contributed by atoms with Gasteiger partial charge in [-0.25, -0.2) is 9.78 Å². The normalized spacial score (nSPS) is 20.8. The highest BCUT2D eigenvalue weighted by Crippen LogP contribution is 2.36. The van der Waals surface area contributed by atoms with Gasteiger partial charge in [0.15, 0.2) is 0 Å². The second-order valence-electron chi connectivity index (χ2n) is 8.60. The summed E-state index contributed by atoms with van der Waals surface area (Å²) in [5, 5.41) is 9.20. The molecule has 0 unspecified atom stereocenters. The maximum absolute atomic E-state index is 11.5. The van der Waals surface area contributed by atoms with Crippen LogP contribution in [0.4, 0.5) is 4.79 Å². The largest absolute Gasteiger partial charge is 0.577 e. The number of hydrogen-bond donors (Lipinski definition) is 0. The van der Waals surface area contributed by atoms with Crippen molar-refractivity contribution in [3.63, 3.8) is 0 Å². The van der Waals surface area contributed by atoms with Gasteiger partial charge in [-0.05, 0) is 75.3 Å². The zero-order valence-electron chi connectivity index (χ0n) is 16.6. The summed E-state index contributed by atoms with van der Waals surface area (Å²) < 4.78 is 0. The van der Waals surface area contributed by atoms with E-state index in [0.717, 1.165) is 25.7 Å². The second-order valence-corrected chi connectivity index (χ2v) is 8.60. The van der Waals surface area contributed by atoms with Gasteiger partial charge < -0.3 is 0 Å². The van der Waals surface area contributed by atoms with E-state index < -0.39 is 17.4 Å². The van der Waals surface area contributed by atoms with E-state index in [2.05, 4.69) is 19.9 Å². The number of carbonyl (C=O) groups is 1. The van der Waals surface area contributed by atoms with Crippen LogP contribution in [0.1, 0.15) is 91.9 Å². The van der Waals surface area contributed by atoms with Crippen molar-refractivity contribution in [1.82, 2.24) is 0 Å². The van der Waals surface area contributed by atoms with E-state index in [-0.39, 0.29) is 0 Å². The Labute approximate surface area is 156 Å². The summed E-state index contributed by atoms with van der Waals surface area (Å²) in [5.41, 5.74) is -1.08. The lowest BCUT2D eigenvalue weighted by molar-refractivity contribution is -0.558. The van der Waals surface area contributed by atoms with Gasteiger partial charge in [0.1, 0.15) is 11.2 Å². The quantitative estimate of drug-likeness (QED) is 0.405. The molecule has 2 aliphatic rings. The minimum absolute atomic E-state index is 0.367. The molecule has 0 aliphatic heterocycles. The first-order valence-corrected chi connectivity index (χ1v) is 9.90. The lowest BCUT2D eigenvalue weighted by Crippen LogP contribution is -2.37. The molecule has 0 bridgehead atoms. The molecule has 0 N–H and O–H groups in total. The van der Waals surface area contributed by atoms with Gasteiger partial charge in [-0.1, -0.05) is 38.5 Å². The van der Waals surface area contributed by atoms with E-state index in [9.17, 15) is 4.79 Å². The number of carbonyl (C=O) groups excluding carboxylic acids is 1. The standard InChI is InChI=1S/C19H34O7/c1-18(2,15-11-7-5-8-12-15)23-25-21-17(20)22-26-24-19(3,4)16-13-9-6-10-14-16/h15-16H,5-14H2,1-4H3. The molecule has 2 aliphatic carbocycles. The van der Waals surface area contributed by atoms with Gasteiger partial charge in [0, 0.05) is 0 Å². The third-order valence-electron chi connectivity index (χ3n) is 5.88. The molecule has 152 valence electrons. The summed E-state index contributed by atoms with van der Waals surface area (Å²) in [7, 11) is 0. The molecule has 26 heavy (non-hydrogen) atoms. The summed E-state index contributed by atoms with van der Waals surface area (Å²) in [6, 6.07) is 0. The smallest absolute Gasteiger partial charge is 0.226 e. The van der Waals surface area contributed by atoms with E-state index in [4.69, 9.17) is 9.78 Å². The van der Waals surface area contributed by atoms with E-state index in [1.807, 2.05) is 27.7 Å². The number of rotatable bonds is 8. The van der Waals surface area contributed by atoms with Crippen molar-refractivity contribution in [2.45, 2.75) is 103 Å². The molecule has 0 aromatic heterocycles. The van der Waals surface area contributed by atoms with E-state index >= 15 is 0 Å². The first-order valence-electron chi connectivity index (χ1n) is 9.90. The first-order chi connectivity index (χ1) is 12.3. The van der Waals surface area contributed by atoms with Gasteiger partial charge in [-0.2, -0.15) is 14.6 Å².